The number of carbonyl (C=O) groups excluding carboxylic acids is 1. The average molecular weight is 751 g/mol. The normalized spacial score (nSPS) is 14.0. The molecule has 1 aromatic heterocycles. The molecule has 0 bridgehead atoms. The second kappa shape index (κ2) is 16.7. The number of esters is 1. The molecule has 274 valence electrons. The van der Waals surface area contributed by atoms with Crippen molar-refractivity contribution in [3.05, 3.63) is 108 Å². The number of carbonyl (C=O) groups is 1. The molecule has 0 saturated carbocycles. The van der Waals surface area contributed by atoms with Crippen molar-refractivity contribution >= 4 is 32.7 Å². The Kier molecular flexibility index (Phi) is 11.8. The van der Waals surface area contributed by atoms with Gasteiger partial charge in [-0.1, -0.05) is 54.6 Å². The van der Waals surface area contributed by atoms with Gasteiger partial charge >= 0.3 is 5.97 Å². The molecule has 6 rings (SSSR count). The minimum absolute atomic E-state index is 0.0703. The molecule has 0 unspecified atom stereocenters. The number of nitriles is 1. The first kappa shape index (κ1) is 37.6. The van der Waals surface area contributed by atoms with Crippen LogP contribution in [0, 0.1) is 11.3 Å². The summed E-state index contributed by atoms with van der Waals surface area (Å²) in [5.41, 5.74) is 4.62. The van der Waals surface area contributed by atoms with Gasteiger partial charge in [0.25, 0.3) is 10.0 Å². The van der Waals surface area contributed by atoms with E-state index in [4.69, 9.17) is 9.47 Å². The van der Waals surface area contributed by atoms with Crippen molar-refractivity contribution in [3.8, 4) is 39.8 Å². The maximum atomic E-state index is 13.0. The highest BCUT2D eigenvalue weighted by molar-refractivity contribution is 7.93. The van der Waals surface area contributed by atoms with Crippen LogP contribution >= 0.6 is 11.5 Å². The summed E-state index contributed by atoms with van der Waals surface area (Å²) >= 11 is 0.915. The summed E-state index contributed by atoms with van der Waals surface area (Å²) in [6.45, 7) is 11.0. The van der Waals surface area contributed by atoms with E-state index in [1.165, 1.54) is 24.5 Å². The predicted octanol–water partition coefficient (Wildman–Crippen LogP) is 7.58. The van der Waals surface area contributed by atoms with Gasteiger partial charge in [-0.2, -0.15) is 9.64 Å². The van der Waals surface area contributed by atoms with Crippen molar-refractivity contribution in [2.45, 2.75) is 50.7 Å². The monoisotopic (exact) mass is 750 g/mol. The molecule has 1 aliphatic heterocycles. The second-order valence-electron chi connectivity index (χ2n) is 13.8. The number of anilines is 1. The Hall–Kier alpha value is -5.13. The lowest BCUT2D eigenvalue weighted by atomic mass is 9.97. The highest BCUT2D eigenvalue weighted by Gasteiger charge is 2.22. The number of aromatic nitrogens is 2. The van der Waals surface area contributed by atoms with Gasteiger partial charge in [0.15, 0.2) is 0 Å². The number of nitrogens with one attached hydrogen (secondary N) is 1. The molecule has 1 saturated heterocycles. The molecule has 11 nitrogen and oxygen atoms in total. The molecule has 1 aliphatic rings. The van der Waals surface area contributed by atoms with Gasteiger partial charge in [-0.15, -0.1) is 0 Å². The van der Waals surface area contributed by atoms with Gasteiger partial charge in [-0.05, 0) is 92.4 Å². The average Bonchev–Trinajstić information content (AvgIpc) is 3.65. The van der Waals surface area contributed by atoms with Crippen molar-refractivity contribution in [2.24, 2.45) is 0 Å². The van der Waals surface area contributed by atoms with Gasteiger partial charge in [-0.25, -0.2) is 13.4 Å². The van der Waals surface area contributed by atoms with Crippen LogP contribution in [0.15, 0.2) is 102 Å². The van der Waals surface area contributed by atoms with Crippen LogP contribution in [0.3, 0.4) is 0 Å². The molecular formula is C40H42N6O5S2. The topological polar surface area (TPSA) is 138 Å². The van der Waals surface area contributed by atoms with Crippen molar-refractivity contribution in [2.75, 3.05) is 37.4 Å². The largest absolute Gasteiger partial charge is 0.460 e. The van der Waals surface area contributed by atoms with E-state index < -0.39 is 15.6 Å². The van der Waals surface area contributed by atoms with Crippen molar-refractivity contribution < 1.29 is 22.7 Å². The number of benzene rings is 4. The molecule has 1 fully saturated rings. The van der Waals surface area contributed by atoms with Gasteiger partial charge in [0, 0.05) is 56.2 Å². The fraction of sp³-hybridized carbons (Fsp3) is 0.300. The minimum Gasteiger partial charge on any atom is -0.460 e. The number of nitrogens with zero attached hydrogens (tertiary/aromatic N) is 5. The third kappa shape index (κ3) is 10.3. The van der Waals surface area contributed by atoms with Crippen molar-refractivity contribution in [3.63, 3.8) is 0 Å². The number of sulfonamides is 1. The highest BCUT2D eigenvalue weighted by Crippen LogP contribution is 2.38. The van der Waals surface area contributed by atoms with Crippen LogP contribution in [0.4, 0.5) is 5.13 Å². The standard InChI is InChI=1S/C40H42N6O5S2/c1-40(2,3)51-38(47)13-8-18-45-19-21-46(22-20-45)27-29-9-7-12-32(23-29)35-25-31(30-10-5-4-6-11-30)14-16-37(35)50-36-17-15-34(24-33(36)26-41)53(48,49)44-39-42-28-43-52-39/h4-7,9-12,14-17,23-25,28H,8,13,18-22,27H2,1-3H3,(H,42,43,44). The van der Waals surface area contributed by atoms with Gasteiger partial charge in [0.2, 0.25) is 5.13 Å². The zero-order valence-corrected chi connectivity index (χ0v) is 31.6. The Morgan fingerprint density at radius 1 is 0.887 bits per heavy atom. The van der Waals surface area contributed by atoms with E-state index in [1.54, 1.807) is 0 Å². The lowest BCUT2D eigenvalue weighted by Gasteiger charge is -2.34. The fourth-order valence-electron chi connectivity index (χ4n) is 6.12. The van der Waals surface area contributed by atoms with Gasteiger partial charge in [0.1, 0.15) is 29.5 Å². The smallest absolute Gasteiger partial charge is 0.306 e. The van der Waals surface area contributed by atoms with E-state index in [2.05, 4.69) is 60.3 Å². The fourth-order valence-corrected chi connectivity index (χ4v) is 7.81. The number of rotatable bonds is 13. The number of ether oxygens (including phenoxy) is 2. The molecule has 0 radical (unpaired) electrons. The quantitative estimate of drug-likeness (QED) is 0.120. The molecule has 13 heteroatoms. The van der Waals surface area contributed by atoms with E-state index in [1.807, 2.05) is 63.2 Å². The zero-order valence-electron chi connectivity index (χ0n) is 30.0. The Bertz CT molecular complexity index is 2170. The summed E-state index contributed by atoms with van der Waals surface area (Å²) < 4.78 is 44.1. The SMILES string of the molecule is CC(C)(C)OC(=O)CCCN1CCN(Cc2cccc(-c3cc(-c4ccccc4)ccc3Oc3ccc(S(=O)(=O)Nc4ncns4)cc3C#N)c2)CC1. The molecule has 0 atom stereocenters. The van der Waals surface area contributed by atoms with Gasteiger partial charge in [0.05, 0.1) is 10.5 Å². The summed E-state index contributed by atoms with van der Waals surface area (Å²) in [5.74, 6) is 0.615. The summed E-state index contributed by atoms with van der Waals surface area (Å²) in [7, 11) is -4.00. The molecule has 2 heterocycles. The first-order chi connectivity index (χ1) is 25.5. The summed E-state index contributed by atoms with van der Waals surface area (Å²) in [4.78, 5) is 20.8. The Morgan fingerprint density at radius 2 is 1.62 bits per heavy atom. The molecule has 0 aliphatic carbocycles. The van der Waals surface area contributed by atoms with E-state index in [-0.39, 0.29) is 27.3 Å². The van der Waals surface area contributed by atoms with E-state index in [9.17, 15) is 18.5 Å². The molecule has 0 spiro atoms. The minimum atomic E-state index is -4.00. The van der Waals surface area contributed by atoms with E-state index in [0.717, 1.165) is 85.0 Å². The molecule has 1 N–H and O–H groups in total. The van der Waals surface area contributed by atoms with Gasteiger partial charge in [-0.3, -0.25) is 14.4 Å². The molecule has 4 aromatic carbocycles. The number of piperazine rings is 1. The first-order valence-corrected chi connectivity index (χ1v) is 19.7. The lowest BCUT2D eigenvalue weighted by molar-refractivity contribution is -0.155. The Balaban J connectivity index is 1.19. The van der Waals surface area contributed by atoms with Crippen molar-refractivity contribution in [1.29, 1.82) is 5.26 Å². The lowest BCUT2D eigenvalue weighted by Crippen LogP contribution is -2.46. The summed E-state index contributed by atoms with van der Waals surface area (Å²) in [5, 5.41) is 10.2. The summed E-state index contributed by atoms with van der Waals surface area (Å²) in [6, 6.07) is 30.7. The van der Waals surface area contributed by atoms with E-state index in [0.29, 0.717) is 12.2 Å². The number of hydrogen-bond acceptors (Lipinski definition) is 11. The molecular weight excluding hydrogens is 709 g/mol. The molecule has 0 amide bonds. The third-order valence-electron chi connectivity index (χ3n) is 8.66. The molecule has 5 aromatic rings. The Morgan fingerprint density at radius 3 is 2.34 bits per heavy atom. The third-order valence-corrected chi connectivity index (χ3v) is 10.7. The van der Waals surface area contributed by atoms with Crippen LogP contribution in [-0.4, -0.2) is 71.9 Å². The predicted molar refractivity (Wildman–Crippen MR) is 206 cm³/mol. The van der Waals surface area contributed by atoms with Crippen LogP contribution in [0.1, 0.15) is 44.7 Å². The first-order valence-electron chi connectivity index (χ1n) is 17.4. The van der Waals surface area contributed by atoms with Crippen molar-refractivity contribution in [1.82, 2.24) is 19.2 Å². The van der Waals surface area contributed by atoms with Crippen LogP contribution in [0.5, 0.6) is 11.5 Å². The van der Waals surface area contributed by atoms with Gasteiger partial charge < -0.3 is 14.4 Å². The van der Waals surface area contributed by atoms with Crippen LogP contribution < -0.4 is 9.46 Å². The number of hydrogen-bond donors (Lipinski definition) is 1. The van der Waals surface area contributed by atoms with Crippen LogP contribution in [-0.2, 0) is 26.1 Å². The van der Waals surface area contributed by atoms with Crippen LogP contribution in [0.2, 0.25) is 0 Å². The molecule has 53 heavy (non-hydrogen) atoms. The Labute approximate surface area is 315 Å². The second-order valence-corrected chi connectivity index (χ2v) is 16.3. The maximum Gasteiger partial charge on any atom is 0.306 e. The maximum absolute atomic E-state index is 13.0. The summed E-state index contributed by atoms with van der Waals surface area (Å²) in [6.07, 6.45) is 2.47. The highest BCUT2D eigenvalue weighted by atomic mass is 32.2. The zero-order chi connectivity index (χ0) is 37.4. The van der Waals surface area contributed by atoms with E-state index >= 15 is 0 Å². The van der Waals surface area contributed by atoms with Crippen LogP contribution in [0.25, 0.3) is 22.3 Å².